The third kappa shape index (κ3) is 4.68. The second-order valence-electron chi connectivity index (χ2n) is 0.782. The van der Waals surface area contributed by atoms with Crippen LogP contribution in [0.15, 0.2) is 18.4 Å². The summed E-state index contributed by atoms with van der Waals surface area (Å²) in [5.74, 6) is 2.00. The van der Waals surface area contributed by atoms with Crippen molar-refractivity contribution in [2.45, 2.75) is 0 Å². The van der Waals surface area contributed by atoms with Crippen LogP contribution in [0.3, 0.4) is 0 Å². The van der Waals surface area contributed by atoms with Gasteiger partial charge in [0.1, 0.15) is 0 Å². The van der Waals surface area contributed by atoms with E-state index >= 15 is 0 Å². The first kappa shape index (κ1) is 5.68. The van der Waals surface area contributed by atoms with E-state index in [0.717, 1.165) is 0 Å². The topological polar surface area (TPSA) is 28.2 Å². The Kier molecular flexibility index (Phi) is 3.80. The van der Waals surface area contributed by atoms with Crippen LogP contribution in [-0.4, -0.2) is 5.87 Å². The second-order valence-corrected chi connectivity index (χ2v) is 0.782. The fourth-order valence-electron chi connectivity index (χ4n) is 0.134. The maximum atomic E-state index is 6.32. The third-order valence-corrected chi connectivity index (χ3v) is 0.340. The first-order valence-corrected chi connectivity index (χ1v) is 1.69. The van der Waals surface area contributed by atoms with Crippen molar-refractivity contribution < 1.29 is 0 Å². The molecule has 0 radical (unpaired) electrons. The molecule has 0 bridgehead atoms. The summed E-state index contributed by atoms with van der Waals surface area (Å²) in [6.07, 6.45) is 4.08. The molecule has 0 rings (SSSR count). The highest BCUT2D eigenvalue weighted by atomic mass is 14.6. The van der Waals surface area contributed by atoms with Gasteiger partial charge in [0.2, 0.25) is 0 Å². The minimum absolute atomic E-state index is 1.27. The average Bonchev–Trinajstić information content (AvgIpc) is 1.69. The molecule has 0 aromatic carbocycles. The fourth-order valence-corrected chi connectivity index (χ4v) is 0.134. The largest absolute Gasteiger partial charge is 0.259 e. The van der Waals surface area contributed by atoms with Gasteiger partial charge in [-0.3, -0.25) is 5.41 Å². The smallest absolute Gasteiger partial charge is 0.154 e. The van der Waals surface area contributed by atoms with Gasteiger partial charge < -0.3 is 0 Å². The molecule has 0 unspecified atom stereocenters. The van der Waals surface area contributed by atoms with E-state index in [0.29, 0.717) is 0 Å². The van der Waals surface area contributed by atoms with Crippen LogP contribution < -0.4 is 0 Å². The Morgan fingerprint density at radius 3 is 2.86 bits per heavy atom. The van der Waals surface area contributed by atoms with Gasteiger partial charge in [-0.15, -0.1) is 0 Å². The Morgan fingerprint density at radius 2 is 2.43 bits per heavy atom. The van der Waals surface area contributed by atoms with Gasteiger partial charge in [0, 0.05) is 0 Å². The lowest BCUT2D eigenvalue weighted by molar-refractivity contribution is 1.59. The van der Waals surface area contributed by atoms with E-state index < -0.39 is 0 Å². The molecule has 0 aromatic rings. The first-order chi connectivity index (χ1) is 3.41. The minimum Gasteiger partial charge on any atom is -0.259 e. The van der Waals surface area contributed by atoms with E-state index in [2.05, 4.69) is 4.85 Å². The summed E-state index contributed by atoms with van der Waals surface area (Å²) >= 11 is 0. The summed E-state index contributed by atoms with van der Waals surface area (Å²) in [7, 11) is 0. The number of nitrogens with zero attached hydrogens (tertiary/aromatic N) is 1. The standard InChI is InChI=1S/C5H4N2/c1-7-5-3-2-4-6/h2-3,5-6H/b5-3+. The van der Waals surface area contributed by atoms with Crippen molar-refractivity contribution >= 4 is 5.87 Å². The van der Waals surface area contributed by atoms with Gasteiger partial charge in [0.05, 0.1) is 6.57 Å². The molecule has 0 aromatic heterocycles. The van der Waals surface area contributed by atoms with Crippen molar-refractivity contribution in [3.8, 4) is 0 Å². The molecule has 0 spiro atoms. The van der Waals surface area contributed by atoms with Crippen LogP contribution in [-0.2, 0) is 0 Å². The number of hydrogen-bond acceptors (Lipinski definition) is 1. The maximum Gasteiger partial charge on any atom is 0.154 e. The molecule has 2 heteroatoms. The van der Waals surface area contributed by atoms with E-state index in [1.54, 1.807) is 0 Å². The van der Waals surface area contributed by atoms with Crippen LogP contribution in [0.25, 0.3) is 4.85 Å². The Hall–Kier alpha value is -1.32. The molecule has 0 fully saturated rings. The lowest BCUT2D eigenvalue weighted by atomic mass is 10.6. The van der Waals surface area contributed by atoms with Crippen molar-refractivity contribution in [1.29, 1.82) is 5.41 Å². The highest BCUT2D eigenvalue weighted by Gasteiger charge is 1.52. The molecule has 0 aliphatic heterocycles. The van der Waals surface area contributed by atoms with E-state index in [1.807, 2.05) is 5.87 Å². The van der Waals surface area contributed by atoms with Crippen LogP contribution in [0.2, 0.25) is 0 Å². The quantitative estimate of drug-likeness (QED) is 0.286. The van der Waals surface area contributed by atoms with E-state index in [4.69, 9.17) is 12.0 Å². The van der Waals surface area contributed by atoms with Gasteiger partial charge in [0.15, 0.2) is 6.20 Å². The predicted octanol–water partition coefficient (Wildman–Crippen LogP) is 1.22. The zero-order chi connectivity index (χ0) is 5.54. The van der Waals surface area contributed by atoms with Crippen LogP contribution in [0.4, 0.5) is 0 Å². The lowest BCUT2D eigenvalue weighted by Gasteiger charge is -1.56. The summed E-state index contributed by atoms with van der Waals surface area (Å²) < 4.78 is 0. The molecule has 0 atom stereocenters. The van der Waals surface area contributed by atoms with Crippen molar-refractivity contribution in [3.05, 3.63) is 29.8 Å². The lowest BCUT2D eigenvalue weighted by Crippen LogP contribution is -1.43. The molecule has 34 valence electrons. The minimum atomic E-state index is 1.27. The molecule has 0 saturated carbocycles. The molecular weight excluding hydrogens is 88.1 g/mol. The van der Waals surface area contributed by atoms with Gasteiger partial charge in [-0.1, -0.05) is 6.08 Å². The average molecular weight is 92.1 g/mol. The molecule has 0 aliphatic rings. The molecule has 0 saturated heterocycles. The van der Waals surface area contributed by atoms with E-state index in [1.165, 1.54) is 18.4 Å². The van der Waals surface area contributed by atoms with Gasteiger partial charge in [-0.2, -0.15) is 0 Å². The van der Waals surface area contributed by atoms with Crippen LogP contribution in [0, 0.1) is 12.0 Å². The summed E-state index contributed by atoms with van der Waals surface area (Å²) in [5, 5.41) is 6.32. The molecule has 0 amide bonds. The molecule has 0 heterocycles. The van der Waals surface area contributed by atoms with Crippen molar-refractivity contribution in [2.24, 2.45) is 0 Å². The second kappa shape index (κ2) is 4.68. The van der Waals surface area contributed by atoms with Gasteiger partial charge >= 0.3 is 0 Å². The highest BCUT2D eigenvalue weighted by Crippen LogP contribution is 1.69. The van der Waals surface area contributed by atoms with Crippen molar-refractivity contribution in [1.82, 2.24) is 0 Å². The van der Waals surface area contributed by atoms with Gasteiger partial charge in [0.25, 0.3) is 0 Å². The zero-order valence-electron chi connectivity index (χ0n) is 3.68. The number of nitrogens with one attached hydrogen (secondary N) is 1. The predicted molar refractivity (Wildman–Crippen MR) is 28.0 cm³/mol. The summed E-state index contributed by atoms with van der Waals surface area (Å²) in [6, 6.07) is 0. The molecule has 1 N–H and O–H groups in total. The summed E-state index contributed by atoms with van der Waals surface area (Å²) in [4.78, 5) is 2.89. The Bertz CT molecular complexity index is 144. The highest BCUT2D eigenvalue weighted by molar-refractivity contribution is 5.50. The van der Waals surface area contributed by atoms with Crippen molar-refractivity contribution in [2.75, 3.05) is 0 Å². The first-order valence-electron chi connectivity index (χ1n) is 1.69. The SMILES string of the molecule is [C-]#[N+]/C=C/C=C=N. The van der Waals surface area contributed by atoms with E-state index in [-0.39, 0.29) is 0 Å². The number of hydrogen-bond donors (Lipinski definition) is 1. The van der Waals surface area contributed by atoms with Crippen LogP contribution in [0.1, 0.15) is 0 Å². The van der Waals surface area contributed by atoms with Crippen molar-refractivity contribution in [3.63, 3.8) is 0 Å². The third-order valence-electron chi connectivity index (χ3n) is 0.340. The molecule has 2 nitrogen and oxygen atoms in total. The van der Waals surface area contributed by atoms with E-state index in [9.17, 15) is 0 Å². The molecule has 0 aliphatic carbocycles. The summed E-state index contributed by atoms with van der Waals surface area (Å²) in [6.45, 7) is 6.21. The maximum absolute atomic E-state index is 6.32. The van der Waals surface area contributed by atoms with Crippen LogP contribution >= 0.6 is 0 Å². The number of rotatable bonds is 1. The molecular formula is C5H4N2. The Labute approximate surface area is 42.1 Å². The fraction of sp³-hybridized carbons (Fsp3) is 0. The normalized spacial score (nSPS) is 7.29. The van der Waals surface area contributed by atoms with Gasteiger partial charge in [-0.25, -0.2) is 4.85 Å². The Morgan fingerprint density at radius 1 is 1.71 bits per heavy atom. The summed E-state index contributed by atoms with van der Waals surface area (Å²) in [5.41, 5.74) is 0. The Balaban J connectivity index is 3.54. The number of allylic oxidation sites excluding steroid dienone is 2. The van der Waals surface area contributed by atoms with Crippen LogP contribution in [0.5, 0.6) is 0 Å². The monoisotopic (exact) mass is 92.0 g/mol. The molecule has 7 heavy (non-hydrogen) atoms. The zero-order valence-corrected chi connectivity index (χ0v) is 3.68. The van der Waals surface area contributed by atoms with Gasteiger partial charge in [-0.05, 0) is 11.9 Å².